The number of carboxylic acid groups (broad SMARTS) is 1. The molecule has 4 heteroatoms. The van der Waals surface area contributed by atoms with Crippen molar-refractivity contribution in [3.8, 4) is 0 Å². The monoisotopic (exact) mass is 198 g/mol. The second-order valence-electron chi connectivity index (χ2n) is 3.36. The van der Waals surface area contributed by atoms with Crippen LogP contribution in [-0.4, -0.2) is 34.5 Å². The Balaban J connectivity index is 2.62. The summed E-state index contributed by atoms with van der Waals surface area (Å²) in [6, 6.07) is 0. The molecule has 3 atom stereocenters. The lowest BCUT2D eigenvalue weighted by molar-refractivity contribution is -0.143. The summed E-state index contributed by atoms with van der Waals surface area (Å²) in [6.07, 6.45) is 0.0575. The summed E-state index contributed by atoms with van der Waals surface area (Å²) in [4.78, 5) is 10.5. The first kappa shape index (κ1) is 10.9. The van der Waals surface area contributed by atoms with Crippen LogP contribution in [0.15, 0.2) is 24.8 Å². The van der Waals surface area contributed by atoms with Crippen molar-refractivity contribution < 1.29 is 19.7 Å². The maximum absolute atomic E-state index is 10.5. The standard InChI is InChI=1S/C10H14O4/c1-3-8-10(13)6(2)4-7(14-8)5-9(11)12/h3,7-8,10,13H,1-2,4-5H2,(H,11,12)/t7-,8+,10-/m0/s1. The van der Waals surface area contributed by atoms with Gasteiger partial charge in [0.2, 0.25) is 0 Å². The molecular formula is C10H14O4. The molecule has 1 heterocycles. The lowest BCUT2D eigenvalue weighted by Crippen LogP contribution is -2.39. The minimum absolute atomic E-state index is 0.0733. The smallest absolute Gasteiger partial charge is 0.305 e. The summed E-state index contributed by atoms with van der Waals surface area (Å²) in [5, 5.41) is 18.1. The van der Waals surface area contributed by atoms with Gasteiger partial charge >= 0.3 is 5.97 Å². The molecule has 14 heavy (non-hydrogen) atoms. The van der Waals surface area contributed by atoms with Crippen molar-refractivity contribution in [1.29, 1.82) is 0 Å². The maximum atomic E-state index is 10.5. The van der Waals surface area contributed by atoms with Gasteiger partial charge in [-0.15, -0.1) is 6.58 Å². The Morgan fingerprint density at radius 1 is 1.71 bits per heavy atom. The predicted molar refractivity (Wildman–Crippen MR) is 50.9 cm³/mol. The van der Waals surface area contributed by atoms with Gasteiger partial charge in [-0.05, 0) is 12.0 Å². The lowest BCUT2D eigenvalue weighted by Gasteiger charge is -2.33. The van der Waals surface area contributed by atoms with E-state index in [-0.39, 0.29) is 6.42 Å². The number of ether oxygens (including phenoxy) is 1. The number of hydrogen-bond acceptors (Lipinski definition) is 3. The summed E-state index contributed by atoms with van der Waals surface area (Å²) in [6.45, 7) is 7.19. The number of aliphatic carboxylic acids is 1. The zero-order valence-corrected chi connectivity index (χ0v) is 7.85. The first-order valence-electron chi connectivity index (χ1n) is 4.40. The summed E-state index contributed by atoms with van der Waals surface area (Å²) < 4.78 is 5.32. The van der Waals surface area contributed by atoms with Gasteiger partial charge in [0.15, 0.2) is 0 Å². The van der Waals surface area contributed by atoms with Crippen LogP contribution in [0.25, 0.3) is 0 Å². The zero-order chi connectivity index (χ0) is 10.7. The molecular weight excluding hydrogens is 184 g/mol. The van der Waals surface area contributed by atoms with Crippen molar-refractivity contribution in [2.45, 2.75) is 31.2 Å². The van der Waals surface area contributed by atoms with E-state index < -0.39 is 24.3 Å². The third-order valence-electron chi connectivity index (χ3n) is 2.20. The van der Waals surface area contributed by atoms with Crippen molar-refractivity contribution in [3.05, 3.63) is 24.8 Å². The number of rotatable bonds is 3. The largest absolute Gasteiger partial charge is 0.481 e. The van der Waals surface area contributed by atoms with Crippen molar-refractivity contribution in [3.63, 3.8) is 0 Å². The number of hydrogen-bond donors (Lipinski definition) is 2. The molecule has 0 aromatic rings. The van der Waals surface area contributed by atoms with Crippen LogP contribution in [0.3, 0.4) is 0 Å². The Hall–Kier alpha value is -1.13. The molecule has 1 fully saturated rings. The van der Waals surface area contributed by atoms with E-state index in [9.17, 15) is 9.90 Å². The van der Waals surface area contributed by atoms with Crippen LogP contribution in [0.2, 0.25) is 0 Å². The molecule has 0 amide bonds. The van der Waals surface area contributed by atoms with Gasteiger partial charge in [-0.3, -0.25) is 4.79 Å². The highest BCUT2D eigenvalue weighted by molar-refractivity contribution is 5.67. The number of carboxylic acids is 1. The van der Waals surface area contributed by atoms with E-state index in [2.05, 4.69) is 13.2 Å². The molecule has 1 saturated heterocycles. The molecule has 0 saturated carbocycles. The van der Waals surface area contributed by atoms with Gasteiger partial charge in [-0.2, -0.15) is 0 Å². The molecule has 0 unspecified atom stereocenters. The first-order chi connectivity index (χ1) is 6.54. The van der Waals surface area contributed by atoms with E-state index >= 15 is 0 Å². The lowest BCUT2D eigenvalue weighted by atomic mass is 9.95. The summed E-state index contributed by atoms with van der Waals surface area (Å²) >= 11 is 0. The molecule has 1 rings (SSSR count). The molecule has 0 spiro atoms. The zero-order valence-electron chi connectivity index (χ0n) is 7.85. The average molecular weight is 198 g/mol. The topological polar surface area (TPSA) is 66.8 Å². The van der Waals surface area contributed by atoms with Crippen LogP contribution in [0, 0.1) is 0 Å². The van der Waals surface area contributed by atoms with Gasteiger partial charge in [-0.1, -0.05) is 12.7 Å². The Morgan fingerprint density at radius 3 is 2.86 bits per heavy atom. The molecule has 0 bridgehead atoms. The molecule has 2 N–H and O–H groups in total. The normalized spacial score (nSPS) is 32.6. The third-order valence-corrected chi connectivity index (χ3v) is 2.20. The van der Waals surface area contributed by atoms with Gasteiger partial charge in [0.1, 0.15) is 12.2 Å². The Kier molecular flexibility index (Phi) is 3.43. The van der Waals surface area contributed by atoms with Crippen LogP contribution < -0.4 is 0 Å². The van der Waals surface area contributed by atoms with E-state index in [0.29, 0.717) is 12.0 Å². The van der Waals surface area contributed by atoms with Crippen LogP contribution in [0.5, 0.6) is 0 Å². The predicted octanol–water partition coefficient (Wildman–Crippen LogP) is 0.722. The Labute approximate surface area is 82.5 Å². The van der Waals surface area contributed by atoms with Gasteiger partial charge in [-0.25, -0.2) is 0 Å². The summed E-state index contributed by atoms with van der Waals surface area (Å²) in [7, 11) is 0. The summed E-state index contributed by atoms with van der Waals surface area (Å²) in [5.74, 6) is -0.915. The molecule has 1 aliphatic heterocycles. The van der Waals surface area contributed by atoms with Crippen molar-refractivity contribution in [2.24, 2.45) is 0 Å². The van der Waals surface area contributed by atoms with Crippen LogP contribution in [-0.2, 0) is 9.53 Å². The van der Waals surface area contributed by atoms with E-state index in [1.807, 2.05) is 0 Å². The summed E-state index contributed by atoms with van der Waals surface area (Å²) in [5.41, 5.74) is 0.604. The van der Waals surface area contributed by atoms with Crippen LogP contribution in [0.4, 0.5) is 0 Å². The average Bonchev–Trinajstić information content (AvgIpc) is 2.10. The molecule has 4 nitrogen and oxygen atoms in total. The SMILES string of the molecule is C=C[C@H]1O[C@H](CC(=O)O)CC(=C)[C@@H]1O. The Morgan fingerprint density at radius 2 is 2.36 bits per heavy atom. The molecule has 1 aliphatic rings. The van der Waals surface area contributed by atoms with E-state index in [0.717, 1.165) is 0 Å². The highest BCUT2D eigenvalue weighted by Crippen LogP contribution is 2.25. The molecule has 0 aromatic carbocycles. The minimum Gasteiger partial charge on any atom is -0.481 e. The van der Waals surface area contributed by atoms with Gasteiger partial charge in [0, 0.05) is 0 Å². The molecule has 0 radical (unpaired) electrons. The fourth-order valence-electron chi connectivity index (χ4n) is 1.49. The highest BCUT2D eigenvalue weighted by Gasteiger charge is 2.31. The van der Waals surface area contributed by atoms with E-state index in [1.165, 1.54) is 6.08 Å². The van der Waals surface area contributed by atoms with Gasteiger partial charge in [0.05, 0.1) is 12.5 Å². The van der Waals surface area contributed by atoms with Gasteiger partial charge < -0.3 is 14.9 Å². The fourth-order valence-corrected chi connectivity index (χ4v) is 1.49. The first-order valence-corrected chi connectivity index (χ1v) is 4.40. The molecule has 0 aliphatic carbocycles. The Bertz CT molecular complexity index is 259. The van der Waals surface area contributed by atoms with Crippen molar-refractivity contribution in [1.82, 2.24) is 0 Å². The van der Waals surface area contributed by atoms with Crippen LogP contribution >= 0.6 is 0 Å². The fraction of sp³-hybridized carbons (Fsp3) is 0.500. The number of carbonyl (C=O) groups is 1. The number of aliphatic hydroxyl groups is 1. The third kappa shape index (κ3) is 2.43. The van der Waals surface area contributed by atoms with Crippen molar-refractivity contribution in [2.75, 3.05) is 0 Å². The van der Waals surface area contributed by atoms with Crippen LogP contribution in [0.1, 0.15) is 12.8 Å². The maximum Gasteiger partial charge on any atom is 0.305 e. The quantitative estimate of drug-likeness (QED) is 0.656. The van der Waals surface area contributed by atoms with E-state index in [1.54, 1.807) is 0 Å². The molecule has 0 aromatic heterocycles. The molecule has 78 valence electrons. The highest BCUT2D eigenvalue weighted by atomic mass is 16.5. The van der Waals surface area contributed by atoms with Crippen molar-refractivity contribution >= 4 is 5.97 Å². The second kappa shape index (κ2) is 4.39. The minimum atomic E-state index is -0.915. The number of aliphatic hydroxyl groups excluding tert-OH is 1. The van der Waals surface area contributed by atoms with E-state index in [4.69, 9.17) is 9.84 Å². The second-order valence-corrected chi connectivity index (χ2v) is 3.36. The van der Waals surface area contributed by atoms with Gasteiger partial charge in [0.25, 0.3) is 0 Å².